The van der Waals surface area contributed by atoms with Crippen LogP contribution in [0.25, 0.3) is 11.0 Å². The Kier molecular flexibility index (Phi) is 7.50. The standard InChI is InChI=1S/C25H35N7O2/c33-25(28-21-5-1-2-6-21)30-24-8-7-22-23(29-24)15-19(16-26-22)20-17-27-32(18-20)10-4-3-9-31-11-13-34-14-12-31/h7-8,15-17,20-21H,1-6,9-14,18H2,(H2,28,29,30,33). The first-order chi connectivity index (χ1) is 16.7. The van der Waals surface area contributed by atoms with E-state index in [0.717, 1.165) is 81.8 Å². The van der Waals surface area contributed by atoms with E-state index in [1.807, 2.05) is 18.5 Å². The maximum atomic E-state index is 12.3. The second-order valence-corrected chi connectivity index (χ2v) is 9.53. The summed E-state index contributed by atoms with van der Waals surface area (Å²) in [7, 11) is 0. The summed E-state index contributed by atoms with van der Waals surface area (Å²) in [6.07, 6.45) is 10.7. The number of rotatable bonds is 8. The number of nitrogens with zero attached hydrogens (tertiary/aromatic N) is 5. The van der Waals surface area contributed by atoms with Gasteiger partial charge in [0.05, 0.1) is 24.2 Å². The summed E-state index contributed by atoms with van der Waals surface area (Å²) in [5.41, 5.74) is 2.71. The van der Waals surface area contributed by atoms with Crippen LogP contribution in [0, 0.1) is 0 Å². The van der Waals surface area contributed by atoms with E-state index in [0.29, 0.717) is 5.82 Å². The van der Waals surface area contributed by atoms with Gasteiger partial charge < -0.3 is 10.1 Å². The summed E-state index contributed by atoms with van der Waals surface area (Å²) in [5, 5.41) is 12.7. The van der Waals surface area contributed by atoms with Gasteiger partial charge in [0.25, 0.3) is 0 Å². The molecule has 1 saturated heterocycles. The first-order valence-corrected chi connectivity index (χ1v) is 12.7. The van der Waals surface area contributed by atoms with Gasteiger partial charge in [-0.15, -0.1) is 0 Å². The molecule has 1 saturated carbocycles. The number of nitrogens with one attached hydrogen (secondary N) is 2. The number of ether oxygens (including phenoxy) is 1. The van der Waals surface area contributed by atoms with Crippen LogP contribution in [0.15, 0.2) is 29.5 Å². The molecule has 2 aromatic rings. The third-order valence-electron chi connectivity index (χ3n) is 6.98. The second-order valence-electron chi connectivity index (χ2n) is 9.53. The number of carbonyl (C=O) groups excluding carboxylic acids is 1. The number of pyridine rings is 2. The highest BCUT2D eigenvalue weighted by Crippen LogP contribution is 2.24. The minimum absolute atomic E-state index is 0.185. The quantitative estimate of drug-likeness (QED) is 0.582. The smallest absolute Gasteiger partial charge is 0.320 e. The fourth-order valence-electron chi connectivity index (χ4n) is 4.99. The SMILES string of the molecule is O=C(Nc1ccc2ncc(C3C=NN(CCCCN4CCOCC4)C3)cc2n1)NC1CCCC1. The number of hydrogen-bond acceptors (Lipinski definition) is 7. The minimum atomic E-state index is -0.185. The first kappa shape index (κ1) is 23.0. The molecule has 2 fully saturated rings. The molecule has 2 amide bonds. The Morgan fingerprint density at radius 1 is 1.09 bits per heavy atom. The van der Waals surface area contributed by atoms with Gasteiger partial charge in [-0.05, 0) is 56.0 Å². The van der Waals surface area contributed by atoms with Crippen molar-refractivity contribution in [1.29, 1.82) is 0 Å². The number of fused-ring (bicyclic) bond motifs is 1. The number of unbranched alkanes of at least 4 members (excludes halogenated alkanes) is 1. The van der Waals surface area contributed by atoms with Crippen LogP contribution in [0.1, 0.15) is 50.0 Å². The highest BCUT2D eigenvalue weighted by atomic mass is 16.5. The highest BCUT2D eigenvalue weighted by molar-refractivity contribution is 5.90. The molecule has 3 aliphatic rings. The number of carbonyl (C=O) groups is 1. The van der Waals surface area contributed by atoms with Crippen LogP contribution >= 0.6 is 0 Å². The average Bonchev–Trinajstić information content (AvgIpc) is 3.54. The number of aromatic nitrogens is 2. The van der Waals surface area contributed by atoms with Gasteiger partial charge >= 0.3 is 6.03 Å². The maximum Gasteiger partial charge on any atom is 0.320 e. The van der Waals surface area contributed by atoms with Crippen LogP contribution in [-0.4, -0.2) is 84.1 Å². The maximum absolute atomic E-state index is 12.3. The third kappa shape index (κ3) is 6.01. The van der Waals surface area contributed by atoms with E-state index in [9.17, 15) is 4.79 Å². The Hall–Kier alpha value is -2.78. The van der Waals surface area contributed by atoms with Crippen molar-refractivity contribution in [3.8, 4) is 0 Å². The van der Waals surface area contributed by atoms with Gasteiger partial charge in [0.2, 0.25) is 0 Å². The van der Waals surface area contributed by atoms with E-state index < -0.39 is 0 Å². The number of urea groups is 1. The fourth-order valence-corrected chi connectivity index (χ4v) is 4.99. The minimum Gasteiger partial charge on any atom is -0.379 e. The topological polar surface area (TPSA) is 95.0 Å². The summed E-state index contributed by atoms with van der Waals surface area (Å²) in [6.45, 7) is 6.80. The normalized spacial score (nSPS) is 21.4. The highest BCUT2D eigenvalue weighted by Gasteiger charge is 2.21. The Morgan fingerprint density at radius 3 is 2.76 bits per heavy atom. The molecule has 0 bridgehead atoms. The summed E-state index contributed by atoms with van der Waals surface area (Å²) >= 11 is 0. The third-order valence-corrected chi connectivity index (χ3v) is 6.98. The molecule has 182 valence electrons. The molecular formula is C25H35N7O2. The Morgan fingerprint density at radius 2 is 1.91 bits per heavy atom. The molecule has 4 heterocycles. The van der Waals surface area contributed by atoms with Crippen LogP contribution in [0.4, 0.5) is 10.6 Å². The molecule has 2 aliphatic heterocycles. The molecule has 2 aromatic heterocycles. The number of morpholine rings is 1. The van der Waals surface area contributed by atoms with Crippen LogP contribution in [0.5, 0.6) is 0 Å². The van der Waals surface area contributed by atoms with E-state index in [1.165, 1.54) is 19.3 Å². The van der Waals surface area contributed by atoms with Crippen LogP contribution < -0.4 is 10.6 Å². The molecule has 0 spiro atoms. The van der Waals surface area contributed by atoms with Crippen molar-refractivity contribution in [2.45, 2.75) is 50.5 Å². The van der Waals surface area contributed by atoms with Gasteiger partial charge in [-0.25, -0.2) is 9.78 Å². The predicted octanol–water partition coefficient (Wildman–Crippen LogP) is 3.19. The van der Waals surface area contributed by atoms with Crippen molar-refractivity contribution in [3.63, 3.8) is 0 Å². The van der Waals surface area contributed by atoms with E-state index in [-0.39, 0.29) is 18.0 Å². The molecule has 5 rings (SSSR count). The summed E-state index contributed by atoms with van der Waals surface area (Å²) < 4.78 is 5.42. The number of anilines is 1. The molecule has 0 aromatic carbocycles. The van der Waals surface area contributed by atoms with Gasteiger partial charge in [-0.2, -0.15) is 5.10 Å². The largest absolute Gasteiger partial charge is 0.379 e. The van der Waals surface area contributed by atoms with Crippen molar-refractivity contribution in [1.82, 2.24) is 25.2 Å². The van der Waals surface area contributed by atoms with E-state index in [2.05, 4.69) is 41.7 Å². The lowest BCUT2D eigenvalue weighted by molar-refractivity contribution is 0.0369. The molecule has 9 heteroatoms. The molecule has 9 nitrogen and oxygen atoms in total. The van der Waals surface area contributed by atoms with Crippen molar-refractivity contribution < 1.29 is 9.53 Å². The predicted molar refractivity (Wildman–Crippen MR) is 133 cm³/mol. The summed E-state index contributed by atoms with van der Waals surface area (Å²) in [4.78, 5) is 24.0. The molecule has 2 N–H and O–H groups in total. The van der Waals surface area contributed by atoms with Gasteiger partial charge in [0, 0.05) is 50.6 Å². The monoisotopic (exact) mass is 465 g/mol. The molecule has 34 heavy (non-hydrogen) atoms. The Bertz CT molecular complexity index is 1000. The zero-order valence-electron chi connectivity index (χ0n) is 19.8. The van der Waals surface area contributed by atoms with Crippen LogP contribution in [-0.2, 0) is 4.74 Å². The number of amides is 2. The van der Waals surface area contributed by atoms with Crippen molar-refractivity contribution in [3.05, 3.63) is 30.0 Å². The molecule has 1 atom stereocenters. The Labute approximate surface area is 200 Å². The van der Waals surface area contributed by atoms with Crippen molar-refractivity contribution in [2.75, 3.05) is 51.3 Å². The van der Waals surface area contributed by atoms with E-state index >= 15 is 0 Å². The van der Waals surface area contributed by atoms with Gasteiger partial charge in [-0.3, -0.25) is 20.2 Å². The number of hydrazone groups is 1. The van der Waals surface area contributed by atoms with Crippen LogP contribution in [0.2, 0.25) is 0 Å². The molecule has 0 radical (unpaired) electrons. The van der Waals surface area contributed by atoms with Gasteiger partial charge in [-0.1, -0.05) is 12.8 Å². The summed E-state index contributed by atoms with van der Waals surface area (Å²) in [6, 6.07) is 5.87. The average molecular weight is 466 g/mol. The van der Waals surface area contributed by atoms with Crippen LogP contribution in [0.3, 0.4) is 0 Å². The summed E-state index contributed by atoms with van der Waals surface area (Å²) in [5.74, 6) is 0.754. The second kappa shape index (κ2) is 11.1. The van der Waals surface area contributed by atoms with E-state index in [1.54, 1.807) is 6.07 Å². The van der Waals surface area contributed by atoms with Crippen molar-refractivity contribution >= 4 is 29.1 Å². The fraction of sp³-hybridized carbons (Fsp3) is 0.600. The zero-order valence-corrected chi connectivity index (χ0v) is 19.8. The van der Waals surface area contributed by atoms with Gasteiger partial charge in [0.15, 0.2) is 0 Å². The lowest BCUT2D eigenvalue weighted by Crippen LogP contribution is -2.37. The van der Waals surface area contributed by atoms with E-state index in [4.69, 9.17) is 4.74 Å². The lowest BCUT2D eigenvalue weighted by atomic mass is 10.0. The number of hydrogen-bond donors (Lipinski definition) is 2. The molecule has 1 unspecified atom stereocenters. The lowest BCUT2D eigenvalue weighted by Gasteiger charge is -2.26. The molecule has 1 aliphatic carbocycles. The van der Waals surface area contributed by atoms with Crippen molar-refractivity contribution in [2.24, 2.45) is 5.10 Å². The first-order valence-electron chi connectivity index (χ1n) is 12.7. The molecular weight excluding hydrogens is 430 g/mol. The Balaban J connectivity index is 1.12. The van der Waals surface area contributed by atoms with Gasteiger partial charge in [0.1, 0.15) is 5.82 Å². The zero-order chi connectivity index (χ0) is 23.2.